The van der Waals surface area contributed by atoms with Crippen molar-refractivity contribution < 1.29 is 4.79 Å². The highest BCUT2D eigenvalue weighted by molar-refractivity contribution is 8.01. The summed E-state index contributed by atoms with van der Waals surface area (Å²) in [6, 6.07) is 18.9. The molecule has 0 saturated heterocycles. The van der Waals surface area contributed by atoms with Gasteiger partial charge in [-0.3, -0.25) is 0 Å². The maximum absolute atomic E-state index is 11.9. The number of thiophene rings is 1. The summed E-state index contributed by atoms with van der Waals surface area (Å²) < 4.78 is 1.14. The summed E-state index contributed by atoms with van der Waals surface area (Å²) in [6.07, 6.45) is 1.63. The van der Waals surface area contributed by atoms with Crippen LogP contribution in [0.25, 0.3) is 0 Å². The predicted molar refractivity (Wildman–Crippen MR) is 111 cm³/mol. The fourth-order valence-electron chi connectivity index (χ4n) is 2.10. The molecule has 0 aliphatic rings. The van der Waals surface area contributed by atoms with Crippen LogP contribution in [0, 0.1) is 6.92 Å². The fraction of sp³-hybridized carbons (Fsp3) is 0.0526. The Morgan fingerprint density at radius 2 is 1.88 bits per heavy atom. The first kappa shape index (κ1) is 18.5. The Balaban J connectivity index is 1.52. The van der Waals surface area contributed by atoms with E-state index in [0.29, 0.717) is 0 Å². The van der Waals surface area contributed by atoms with Crippen molar-refractivity contribution in [2.45, 2.75) is 16.0 Å². The fourth-order valence-corrected chi connectivity index (χ4v) is 4.22. The first-order valence-corrected chi connectivity index (χ1v) is 9.80. The summed E-state index contributed by atoms with van der Waals surface area (Å²) in [7, 11) is 0. The molecule has 0 aliphatic carbocycles. The molecular weight excluding hydrogens is 386 g/mol. The van der Waals surface area contributed by atoms with Gasteiger partial charge in [-0.1, -0.05) is 41.6 Å². The first-order chi connectivity index (χ1) is 12.6. The molecule has 0 unspecified atom stereocenters. The molecule has 1 heterocycles. The quantitative estimate of drug-likeness (QED) is 0.406. The van der Waals surface area contributed by atoms with Gasteiger partial charge in [-0.15, -0.1) is 11.3 Å². The minimum atomic E-state index is -0.372. The standard InChI is InChI=1S/C19H16ClN3OS2/c1-13-4-2-3-5-17(13)22-19(24)23-21-12-16-10-11-18(26-16)25-15-8-6-14(20)7-9-15/h2-12H,1H3,(H2,22,23,24)/b21-12+. The third kappa shape index (κ3) is 5.36. The SMILES string of the molecule is Cc1ccccc1NC(=O)N/N=C/c1ccc(Sc2ccc(Cl)cc2)s1. The van der Waals surface area contributed by atoms with Crippen LogP contribution in [0.3, 0.4) is 0 Å². The number of nitrogens with zero attached hydrogens (tertiary/aromatic N) is 1. The minimum absolute atomic E-state index is 0.372. The van der Waals surface area contributed by atoms with Gasteiger partial charge in [-0.2, -0.15) is 5.10 Å². The molecule has 2 amide bonds. The van der Waals surface area contributed by atoms with E-state index < -0.39 is 0 Å². The molecule has 2 aromatic carbocycles. The Kier molecular flexibility index (Phi) is 6.33. The molecule has 0 radical (unpaired) electrons. The van der Waals surface area contributed by atoms with E-state index in [0.717, 1.165) is 30.3 Å². The van der Waals surface area contributed by atoms with Gasteiger partial charge in [0.1, 0.15) is 0 Å². The highest BCUT2D eigenvalue weighted by atomic mass is 35.5. The Hall–Kier alpha value is -2.28. The van der Waals surface area contributed by atoms with Gasteiger partial charge in [0.05, 0.1) is 10.4 Å². The van der Waals surface area contributed by atoms with E-state index in [-0.39, 0.29) is 6.03 Å². The van der Waals surface area contributed by atoms with Crippen LogP contribution in [0.1, 0.15) is 10.4 Å². The number of nitrogens with one attached hydrogen (secondary N) is 2. The first-order valence-electron chi connectivity index (χ1n) is 7.79. The second kappa shape index (κ2) is 8.89. The molecular formula is C19H16ClN3OS2. The number of amides is 2. The van der Waals surface area contributed by atoms with E-state index in [2.05, 4.69) is 15.8 Å². The zero-order chi connectivity index (χ0) is 18.4. The van der Waals surface area contributed by atoms with Crippen LogP contribution in [0.4, 0.5) is 10.5 Å². The maximum atomic E-state index is 11.9. The number of halogens is 1. The maximum Gasteiger partial charge on any atom is 0.339 e. The minimum Gasteiger partial charge on any atom is -0.306 e. The van der Waals surface area contributed by atoms with E-state index in [1.165, 1.54) is 0 Å². The van der Waals surface area contributed by atoms with E-state index in [4.69, 9.17) is 11.6 Å². The lowest BCUT2D eigenvalue weighted by Gasteiger charge is -2.06. The number of hydrogen-bond donors (Lipinski definition) is 2. The summed E-state index contributed by atoms with van der Waals surface area (Å²) in [6.45, 7) is 1.93. The third-order valence-electron chi connectivity index (χ3n) is 3.39. The molecule has 4 nitrogen and oxygen atoms in total. The molecule has 7 heteroatoms. The molecule has 2 N–H and O–H groups in total. The Bertz CT molecular complexity index is 923. The zero-order valence-electron chi connectivity index (χ0n) is 13.9. The van der Waals surface area contributed by atoms with Gasteiger partial charge in [0.25, 0.3) is 0 Å². The lowest BCUT2D eigenvalue weighted by Crippen LogP contribution is -2.24. The van der Waals surface area contributed by atoms with Gasteiger partial charge < -0.3 is 5.32 Å². The van der Waals surface area contributed by atoms with Gasteiger partial charge in [0, 0.05) is 20.5 Å². The highest BCUT2D eigenvalue weighted by Gasteiger charge is 2.03. The van der Waals surface area contributed by atoms with Gasteiger partial charge in [0.15, 0.2) is 0 Å². The van der Waals surface area contributed by atoms with Gasteiger partial charge in [-0.05, 0) is 55.0 Å². The monoisotopic (exact) mass is 401 g/mol. The van der Waals surface area contributed by atoms with Crippen LogP contribution in [0.15, 0.2) is 74.9 Å². The van der Waals surface area contributed by atoms with Gasteiger partial charge >= 0.3 is 6.03 Å². The number of carbonyl (C=O) groups excluding carboxylic acids is 1. The summed E-state index contributed by atoms with van der Waals surface area (Å²) in [5.74, 6) is 0. The van der Waals surface area contributed by atoms with Crippen LogP contribution in [0.2, 0.25) is 5.02 Å². The van der Waals surface area contributed by atoms with Crippen LogP contribution >= 0.6 is 34.7 Å². The second-order valence-corrected chi connectivity index (χ2v) is 8.28. The summed E-state index contributed by atoms with van der Waals surface area (Å²) in [5.41, 5.74) is 4.23. The predicted octanol–water partition coefficient (Wildman–Crippen LogP) is 6.02. The zero-order valence-corrected chi connectivity index (χ0v) is 16.3. The van der Waals surface area contributed by atoms with Crippen molar-refractivity contribution in [3.8, 4) is 0 Å². The lowest BCUT2D eigenvalue weighted by atomic mass is 10.2. The number of hydrazone groups is 1. The van der Waals surface area contributed by atoms with Gasteiger partial charge in [-0.25, -0.2) is 10.2 Å². The summed E-state index contributed by atoms with van der Waals surface area (Å²) in [5, 5.41) is 7.48. The van der Waals surface area contributed by atoms with Crippen LogP contribution in [-0.2, 0) is 0 Å². The second-order valence-electron chi connectivity index (χ2n) is 5.35. The van der Waals surface area contributed by atoms with Gasteiger partial charge in [0.2, 0.25) is 0 Å². The third-order valence-corrected chi connectivity index (χ3v) is 5.80. The van der Waals surface area contributed by atoms with Crippen molar-refractivity contribution in [3.63, 3.8) is 0 Å². The number of rotatable bonds is 5. The average Bonchev–Trinajstić information content (AvgIpc) is 3.06. The molecule has 26 heavy (non-hydrogen) atoms. The Morgan fingerprint density at radius 1 is 1.12 bits per heavy atom. The molecule has 0 fully saturated rings. The van der Waals surface area contributed by atoms with Crippen molar-refractivity contribution in [3.05, 3.63) is 76.1 Å². The van der Waals surface area contributed by atoms with Crippen molar-refractivity contribution >= 4 is 52.6 Å². The molecule has 0 atom stereocenters. The summed E-state index contributed by atoms with van der Waals surface area (Å²) in [4.78, 5) is 14.0. The lowest BCUT2D eigenvalue weighted by molar-refractivity contribution is 0.252. The Morgan fingerprint density at radius 3 is 2.65 bits per heavy atom. The largest absolute Gasteiger partial charge is 0.339 e. The van der Waals surface area contributed by atoms with Crippen molar-refractivity contribution in [2.24, 2.45) is 5.10 Å². The topological polar surface area (TPSA) is 53.5 Å². The van der Waals surface area contributed by atoms with Crippen LogP contribution in [0.5, 0.6) is 0 Å². The molecule has 0 bridgehead atoms. The number of benzene rings is 2. The molecule has 3 rings (SSSR count). The average molecular weight is 402 g/mol. The molecule has 0 aliphatic heterocycles. The van der Waals surface area contributed by atoms with E-state index in [9.17, 15) is 4.79 Å². The Labute approximate surface area is 165 Å². The van der Waals surface area contributed by atoms with Crippen LogP contribution in [-0.4, -0.2) is 12.2 Å². The summed E-state index contributed by atoms with van der Waals surface area (Å²) >= 11 is 9.16. The molecule has 0 saturated carbocycles. The highest BCUT2D eigenvalue weighted by Crippen LogP contribution is 2.33. The number of para-hydroxylation sites is 1. The van der Waals surface area contributed by atoms with Crippen molar-refractivity contribution in [1.82, 2.24) is 5.43 Å². The van der Waals surface area contributed by atoms with E-state index in [1.54, 1.807) is 29.3 Å². The van der Waals surface area contributed by atoms with E-state index >= 15 is 0 Å². The normalized spacial score (nSPS) is 10.8. The van der Waals surface area contributed by atoms with Crippen LogP contribution < -0.4 is 10.7 Å². The molecule has 132 valence electrons. The van der Waals surface area contributed by atoms with Crippen molar-refractivity contribution in [2.75, 3.05) is 5.32 Å². The number of urea groups is 1. The van der Waals surface area contributed by atoms with E-state index in [1.807, 2.05) is 67.6 Å². The number of anilines is 1. The number of hydrogen-bond acceptors (Lipinski definition) is 4. The smallest absolute Gasteiger partial charge is 0.306 e. The number of carbonyl (C=O) groups is 1. The molecule has 3 aromatic rings. The molecule has 1 aromatic heterocycles. The van der Waals surface area contributed by atoms with Crippen molar-refractivity contribution in [1.29, 1.82) is 0 Å². The molecule has 0 spiro atoms. The number of aryl methyl sites for hydroxylation is 1.